The molecule has 0 spiro atoms. The van der Waals surface area contributed by atoms with Gasteiger partial charge >= 0.3 is 0 Å². The lowest BCUT2D eigenvalue weighted by molar-refractivity contribution is -0.117. The van der Waals surface area contributed by atoms with Crippen molar-refractivity contribution in [1.82, 2.24) is 4.57 Å². The Balaban J connectivity index is 1.63. The summed E-state index contributed by atoms with van der Waals surface area (Å²) in [5.41, 5.74) is 3.76. The minimum Gasteiger partial charge on any atom is -0.496 e. The van der Waals surface area contributed by atoms with Gasteiger partial charge < -0.3 is 9.30 Å². The topological polar surface area (TPSA) is 31.2 Å². The highest BCUT2D eigenvalue weighted by Crippen LogP contribution is 2.30. The van der Waals surface area contributed by atoms with Gasteiger partial charge in [-0.25, -0.2) is 0 Å². The molecule has 1 aromatic heterocycles. The summed E-state index contributed by atoms with van der Waals surface area (Å²) in [7, 11) is 3.49. The number of ketones is 1. The minimum atomic E-state index is -0.155. The largest absolute Gasteiger partial charge is 0.496 e. The van der Waals surface area contributed by atoms with Crippen molar-refractivity contribution in [1.29, 1.82) is 0 Å². The van der Waals surface area contributed by atoms with Crippen molar-refractivity contribution in [2.75, 3.05) is 7.11 Å². The van der Waals surface area contributed by atoms with Crippen LogP contribution in [0.25, 0.3) is 22.0 Å². The SMILES string of the molecule is [3H]c1cc(-c2cn(C)c3ccccc23)cc([3H])c1CC(=O)Cc1c([3H])cccc1OC. The molecule has 0 bridgehead atoms. The van der Waals surface area contributed by atoms with Crippen LogP contribution in [0, 0.1) is 0 Å². The first kappa shape index (κ1) is 14.7. The van der Waals surface area contributed by atoms with Gasteiger partial charge in [0.2, 0.25) is 0 Å². The maximum atomic E-state index is 12.7. The molecule has 28 heavy (non-hydrogen) atoms. The molecule has 0 unspecified atom stereocenters. The number of carbonyl (C=O) groups is 1. The van der Waals surface area contributed by atoms with Crippen molar-refractivity contribution in [2.24, 2.45) is 7.05 Å². The smallest absolute Gasteiger partial charge is 0.141 e. The molecule has 3 heteroatoms. The average molecular weight is 375 g/mol. The van der Waals surface area contributed by atoms with Gasteiger partial charge in [0.1, 0.15) is 11.5 Å². The highest BCUT2D eigenvalue weighted by atomic mass is 16.5. The molecule has 0 atom stereocenters. The van der Waals surface area contributed by atoms with E-state index in [1.807, 2.05) is 42.1 Å². The summed E-state index contributed by atoms with van der Waals surface area (Å²) in [6.07, 6.45) is 2.01. The van der Waals surface area contributed by atoms with Crippen molar-refractivity contribution < 1.29 is 13.6 Å². The van der Waals surface area contributed by atoms with Gasteiger partial charge in [-0.15, -0.1) is 0 Å². The van der Waals surface area contributed by atoms with Crippen LogP contribution in [-0.2, 0) is 24.7 Å². The van der Waals surface area contributed by atoms with E-state index in [0.29, 0.717) is 16.9 Å². The molecule has 4 aromatic rings. The molecule has 0 aliphatic heterocycles. The molecule has 0 aliphatic rings. The van der Waals surface area contributed by atoms with Crippen LogP contribution >= 0.6 is 0 Å². The Morgan fingerprint density at radius 2 is 1.75 bits per heavy atom. The van der Waals surface area contributed by atoms with Crippen LogP contribution in [0.1, 0.15) is 15.2 Å². The van der Waals surface area contributed by atoms with E-state index < -0.39 is 0 Å². The van der Waals surface area contributed by atoms with Crippen molar-refractivity contribution in [3.05, 3.63) is 90.0 Å². The van der Waals surface area contributed by atoms with E-state index in [-0.39, 0.29) is 36.8 Å². The predicted molar refractivity (Wildman–Crippen MR) is 114 cm³/mol. The molecule has 0 aliphatic carbocycles. The monoisotopic (exact) mass is 375 g/mol. The zero-order valence-electron chi connectivity index (χ0n) is 19.0. The number of hydrogen-bond donors (Lipinski definition) is 0. The molecule has 3 aromatic carbocycles. The van der Waals surface area contributed by atoms with Crippen molar-refractivity contribution in [2.45, 2.75) is 12.8 Å². The van der Waals surface area contributed by atoms with E-state index in [9.17, 15) is 4.79 Å². The third-order valence-electron chi connectivity index (χ3n) is 4.88. The standard InChI is InChI=1S/C25H23NO2/c1-26-17-23(22-8-4-5-9-24(22)26)19-13-11-18(12-14-19)15-21(27)16-20-7-3-6-10-25(20)28-2/h3-14,17H,15-16H2,1-2H3/i7T,11T,12T. The number of nitrogens with zero attached hydrogens (tertiary/aromatic N) is 1. The van der Waals surface area contributed by atoms with Gasteiger partial charge in [0.05, 0.1) is 11.2 Å². The Hall–Kier alpha value is -3.33. The Morgan fingerprint density at radius 3 is 2.54 bits per heavy atom. The summed E-state index contributed by atoms with van der Waals surface area (Å²) >= 11 is 0. The Kier molecular flexibility index (Phi) is 4.06. The molecule has 0 saturated heterocycles. The quantitative estimate of drug-likeness (QED) is 0.463. The van der Waals surface area contributed by atoms with Gasteiger partial charge in [0, 0.05) is 48.1 Å². The highest BCUT2D eigenvalue weighted by Gasteiger charge is 2.11. The van der Waals surface area contributed by atoms with Crippen LogP contribution < -0.4 is 4.74 Å². The lowest BCUT2D eigenvalue weighted by Crippen LogP contribution is -2.07. The summed E-state index contributed by atoms with van der Waals surface area (Å²) < 4.78 is 32.3. The van der Waals surface area contributed by atoms with Crippen molar-refractivity contribution >= 4 is 16.7 Å². The first-order chi connectivity index (χ1) is 14.9. The Bertz CT molecular complexity index is 1270. The molecule has 0 radical (unpaired) electrons. The lowest BCUT2D eigenvalue weighted by atomic mass is 9.99. The van der Waals surface area contributed by atoms with Crippen LogP contribution in [0.3, 0.4) is 0 Å². The summed E-state index contributed by atoms with van der Waals surface area (Å²) in [6.45, 7) is 0. The second-order valence-corrected chi connectivity index (χ2v) is 6.79. The van der Waals surface area contributed by atoms with Gasteiger partial charge in [-0.05, 0) is 23.3 Å². The van der Waals surface area contributed by atoms with E-state index in [1.54, 1.807) is 30.3 Å². The zero-order valence-corrected chi connectivity index (χ0v) is 16.0. The van der Waals surface area contributed by atoms with Gasteiger partial charge in [-0.3, -0.25) is 4.79 Å². The maximum absolute atomic E-state index is 12.7. The molecular formula is C25H23NO2. The first-order valence-corrected chi connectivity index (χ1v) is 9.17. The molecule has 0 saturated carbocycles. The Morgan fingerprint density at radius 1 is 1.00 bits per heavy atom. The number of benzene rings is 3. The number of carbonyl (C=O) groups excluding carboxylic acids is 1. The molecular weight excluding hydrogens is 346 g/mol. The van der Waals surface area contributed by atoms with Crippen molar-refractivity contribution in [3.8, 4) is 16.9 Å². The number of Topliss-reactive ketones (excluding diaryl/α,β-unsaturated/α-hetero) is 1. The van der Waals surface area contributed by atoms with Crippen LogP contribution in [0.4, 0.5) is 0 Å². The molecule has 4 rings (SSSR count). The fourth-order valence-electron chi connectivity index (χ4n) is 3.48. The van der Waals surface area contributed by atoms with Crippen LogP contribution in [-0.4, -0.2) is 17.5 Å². The van der Waals surface area contributed by atoms with Gasteiger partial charge in [0.25, 0.3) is 0 Å². The highest BCUT2D eigenvalue weighted by molar-refractivity contribution is 5.96. The van der Waals surface area contributed by atoms with Crippen LogP contribution in [0.15, 0.2) is 78.9 Å². The number of hydrogen-bond acceptors (Lipinski definition) is 2. The normalized spacial score (nSPS) is 12.4. The van der Waals surface area contributed by atoms with E-state index in [1.165, 1.54) is 7.11 Å². The fraction of sp³-hybridized carbons (Fsp3) is 0.160. The summed E-state index contributed by atoms with van der Waals surface area (Å²) in [4.78, 5) is 12.7. The molecule has 0 fully saturated rings. The number of para-hydroxylation sites is 2. The first-order valence-electron chi connectivity index (χ1n) is 10.7. The molecule has 3 nitrogen and oxygen atoms in total. The Labute approximate surface area is 169 Å². The second-order valence-electron chi connectivity index (χ2n) is 6.79. The summed E-state index contributed by atoms with van der Waals surface area (Å²) in [5.74, 6) is 0.349. The van der Waals surface area contributed by atoms with Crippen molar-refractivity contribution in [3.63, 3.8) is 0 Å². The van der Waals surface area contributed by atoms with E-state index in [4.69, 9.17) is 8.85 Å². The fourth-order valence-corrected chi connectivity index (χ4v) is 3.48. The lowest BCUT2D eigenvalue weighted by Gasteiger charge is -2.08. The molecule has 140 valence electrons. The van der Waals surface area contributed by atoms with Gasteiger partial charge in [-0.1, -0.05) is 60.6 Å². The summed E-state index contributed by atoms with van der Waals surface area (Å²) in [5, 5.41) is 1.06. The third-order valence-corrected chi connectivity index (χ3v) is 4.88. The number of fused-ring (bicyclic) bond motifs is 1. The van der Waals surface area contributed by atoms with Gasteiger partial charge in [0.15, 0.2) is 0 Å². The molecule has 0 amide bonds. The van der Waals surface area contributed by atoms with Crippen LogP contribution in [0.5, 0.6) is 5.75 Å². The maximum Gasteiger partial charge on any atom is 0.141 e. The molecule has 1 heterocycles. The molecule has 0 N–H and O–H groups in total. The van der Waals surface area contributed by atoms with Crippen LogP contribution in [0.2, 0.25) is 0 Å². The number of methoxy groups -OCH3 is 1. The predicted octanol–water partition coefficient (Wildman–Crippen LogP) is 5.21. The second kappa shape index (κ2) is 7.73. The number of rotatable bonds is 6. The van der Waals surface area contributed by atoms with E-state index >= 15 is 0 Å². The number of aromatic nitrogens is 1. The zero-order chi connectivity index (χ0) is 22.1. The van der Waals surface area contributed by atoms with E-state index in [2.05, 4.69) is 0 Å². The average Bonchev–Trinajstić information content (AvgIpc) is 3.09. The summed E-state index contributed by atoms with van der Waals surface area (Å²) in [6, 6.07) is 17.1. The van der Waals surface area contributed by atoms with Gasteiger partial charge in [-0.2, -0.15) is 0 Å². The third kappa shape index (κ3) is 3.56. The number of aryl methyl sites for hydroxylation is 1. The number of ether oxygens (including phenoxy) is 1. The minimum absolute atomic E-state index is 0.0228. The van der Waals surface area contributed by atoms with E-state index in [0.717, 1.165) is 22.0 Å².